The Labute approximate surface area is 157 Å². The largest absolute Gasteiger partial charge is 0.329 e. The van der Waals surface area contributed by atoms with Crippen molar-refractivity contribution in [2.45, 2.75) is 13.1 Å². The Hall–Kier alpha value is -3.35. The van der Waals surface area contributed by atoms with E-state index in [2.05, 4.69) is 0 Å². The maximum atomic E-state index is 14.1. The molecule has 0 amide bonds. The van der Waals surface area contributed by atoms with E-state index in [9.17, 15) is 22.4 Å². The number of imidazole rings is 1. The Morgan fingerprint density at radius 1 is 0.643 bits per heavy atom. The van der Waals surface area contributed by atoms with Gasteiger partial charge in [0.25, 0.3) is 0 Å². The number of aromatic nitrogens is 2. The Bertz CT molecular complexity index is 1150. The minimum absolute atomic E-state index is 0.107. The molecule has 0 saturated carbocycles. The number of halogens is 4. The maximum Gasteiger partial charge on any atom is 0.329 e. The van der Waals surface area contributed by atoms with Crippen molar-refractivity contribution in [1.82, 2.24) is 9.13 Å². The number of hydrogen-bond acceptors (Lipinski definition) is 1. The summed E-state index contributed by atoms with van der Waals surface area (Å²) < 4.78 is 57.1. The third kappa shape index (κ3) is 3.19. The molecule has 4 aromatic rings. The molecule has 1 aromatic heterocycles. The van der Waals surface area contributed by atoms with Crippen LogP contribution in [0.2, 0.25) is 0 Å². The maximum absolute atomic E-state index is 14.1. The smallest absolute Gasteiger partial charge is 0.287 e. The first-order valence-electron chi connectivity index (χ1n) is 8.50. The van der Waals surface area contributed by atoms with Crippen LogP contribution in [0, 0.1) is 23.3 Å². The molecule has 3 nitrogen and oxygen atoms in total. The van der Waals surface area contributed by atoms with Crippen LogP contribution < -0.4 is 5.69 Å². The second-order valence-electron chi connectivity index (χ2n) is 6.42. The van der Waals surface area contributed by atoms with Gasteiger partial charge in [0.2, 0.25) is 0 Å². The van der Waals surface area contributed by atoms with E-state index in [4.69, 9.17) is 0 Å². The van der Waals surface area contributed by atoms with Gasteiger partial charge in [-0.3, -0.25) is 9.13 Å². The zero-order valence-electron chi connectivity index (χ0n) is 14.5. The number of para-hydroxylation sites is 2. The van der Waals surface area contributed by atoms with Gasteiger partial charge in [-0.1, -0.05) is 24.3 Å². The first-order chi connectivity index (χ1) is 13.4. The van der Waals surface area contributed by atoms with Gasteiger partial charge >= 0.3 is 5.69 Å². The summed E-state index contributed by atoms with van der Waals surface area (Å²) in [4.78, 5) is 13.0. The Kier molecular flexibility index (Phi) is 4.50. The molecule has 0 aliphatic rings. The molecule has 28 heavy (non-hydrogen) atoms. The van der Waals surface area contributed by atoms with Gasteiger partial charge < -0.3 is 0 Å². The Morgan fingerprint density at radius 3 is 1.46 bits per heavy atom. The van der Waals surface area contributed by atoms with Crippen molar-refractivity contribution >= 4 is 11.0 Å². The summed E-state index contributed by atoms with van der Waals surface area (Å²) in [5.41, 5.74) is 0.880. The summed E-state index contributed by atoms with van der Waals surface area (Å²) in [5.74, 6) is -2.92. The number of fused-ring (bicyclic) bond motifs is 1. The number of benzene rings is 3. The molecule has 0 fully saturated rings. The molecule has 0 saturated heterocycles. The first kappa shape index (κ1) is 18.0. The average Bonchev–Trinajstić information content (AvgIpc) is 2.92. The summed E-state index contributed by atoms with van der Waals surface area (Å²) in [6.07, 6.45) is 0. The lowest BCUT2D eigenvalue weighted by molar-refractivity contribution is 0.559. The first-order valence-corrected chi connectivity index (χ1v) is 8.50. The molecule has 0 unspecified atom stereocenters. The molecule has 3 aromatic carbocycles. The normalized spacial score (nSPS) is 11.3. The number of hydrogen-bond donors (Lipinski definition) is 0. The molecule has 1 heterocycles. The van der Waals surface area contributed by atoms with Crippen molar-refractivity contribution in [3.63, 3.8) is 0 Å². The quantitative estimate of drug-likeness (QED) is 0.476. The standard InChI is InChI=1S/C21H14F4N2O/c22-15-7-5-13(17(24)9-15)11-26-19-3-1-2-4-20(19)27(21(26)28)12-14-6-8-16(23)10-18(14)25/h1-10H,11-12H2. The van der Waals surface area contributed by atoms with E-state index >= 15 is 0 Å². The summed E-state index contributed by atoms with van der Waals surface area (Å²) in [6.45, 7) is -0.214. The molecule has 142 valence electrons. The zero-order chi connectivity index (χ0) is 19.8. The van der Waals surface area contributed by atoms with Gasteiger partial charge in [0.1, 0.15) is 23.3 Å². The van der Waals surface area contributed by atoms with Crippen molar-refractivity contribution in [3.05, 3.63) is 106 Å². The molecular formula is C21H14F4N2O. The van der Waals surface area contributed by atoms with Crippen LogP contribution in [0.15, 0.2) is 65.5 Å². The highest BCUT2D eigenvalue weighted by molar-refractivity contribution is 5.76. The summed E-state index contributed by atoms with van der Waals surface area (Å²) in [5, 5.41) is 0. The molecule has 0 spiro atoms. The van der Waals surface area contributed by atoms with Gasteiger partial charge in [0, 0.05) is 23.3 Å². The van der Waals surface area contributed by atoms with Crippen molar-refractivity contribution in [2.24, 2.45) is 0 Å². The highest BCUT2D eigenvalue weighted by Crippen LogP contribution is 2.19. The lowest BCUT2D eigenvalue weighted by Gasteiger charge is -2.06. The van der Waals surface area contributed by atoms with E-state index in [0.717, 1.165) is 24.3 Å². The van der Waals surface area contributed by atoms with E-state index in [0.29, 0.717) is 11.0 Å². The average molecular weight is 386 g/mol. The van der Waals surface area contributed by atoms with Crippen LogP contribution in [0.5, 0.6) is 0 Å². The number of rotatable bonds is 4. The lowest BCUT2D eigenvalue weighted by atomic mass is 10.2. The van der Waals surface area contributed by atoms with E-state index < -0.39 is 29.0 Å². The van der Waals surface area contributed by atoms with Gasteiger partial charge in [-0.05, 0) is 24.3 Å². The third-order valence-electron chi connectivity index (χ3n) is 4.61. The van der Waals surface area contributed by atoms with Crippen molar-refractivity contribution in [1.29, 1.82) is 0 Å². The third-order valence-corrected chi connectivity index (χ3v) is 4.61. The van der Waals surface area contributed by atoms with Crippen LogP contribution in [0.1, 0.15) is 11.1 Å². The molecule has 0 atom stereocenters. The molecule has 0 aliphatic heterocycles. The van der Waals surface area contributed by atoms with Gasteiger partial charge in [-0.2, -0.15) is 0 Å². The van der Waals surface area contributed by atoms with Crippen molar-refractivity contribution in [2.75, 3.05) is 0 Å². The SMILES string of the molecule is O=c1n(Cc2ccc(F)cc2F)c2ccccc2n1Cc1ccc(F)cc1F. The second kappa shape index (κ2) is 6.99. The van der Waals surface area contributed by atoms with E-state index in [1.54, 1.807) is 24.3 Å². The Balaban J connectivity index is 1.82. The predicted molar refractivity (Wildman–Crippen MR) is 97.1 cm³/mol. The van der Waals surface area contributed by atoms with Crippen LogP contribution >= 0.6 is 0 Å². The van der Waals surface area contributed by atoms with Crippen molar-refractivity contribution in [3.8, 4) is 0 Å². The fraction of sp³-hybridized carbons (Fsp3) is 0.0952. The minimum Gasteiger partial charge on any atom is -0.287 e. The molecule has 7 heteroatoms. The Morgan fingerprint density at radius 2 is 1.07 bits per heavy atom. The van der Waals surface area contributed by atoms with Gasteiger partial charge in [-0.15, -0.1) is 0 Å². The van der Waals surface area contributed by atoms with Gasteiger partial charge in [0.15, 0.2) is 0 Å². The van der Waals surface area contributed by atoms with E-state index in [-0.39, 0.29) is 24.2 Å². The summed E-state index contributed by atoms with van der Waals surface area (Å²) in [6, 6.07) is 13.1. The van der Waals surface area contributed by atoms with E-state index in [1.165, 1.54) is 21.3 Å². The van der Waals surface area contributed by atoms with Crippen LogP contribution in [0.3, 0.4) is 0 Å². The molecule has 0 radical (unpaired) electrons. The highest BCUT2D eigenvalue weighted by Gasteiger charge is 2.16. The molecule has 0 aliphatic carbocycles. The van der Waals surface area contributed by atoms with Crippen LogP contribution in [-0.4, -0.2) is 9.13 Å². The van der Waals surface area contributed by atoms with Crippen LogP contribution in [0.25, 0.3) is 11.0 Å². The molecule has 0 N–H and O–H groups in total. The summed E-state index contributed by atoms with van der Waals surface area (Å²) >= 11 is 0. The fourth-order valence-electron chi connectivity index (χ4n) is 3.22. The second-order valence-corrected chi connectivity index (χ2v) is 6.42. The predicted octanol–water partition coefficient (Wildman–Crippen LogP) is 4.46. The molecule has 0 bridgehead atoms. The molecule has 4 rings (SSSR count). The zero-order valence-corrected chi connectivity index (χ0v) is 14.5. The highest BCUT2D eigenvalue weighted by atomic mass is 19.1. The topological polar surface area (TPSA) is 26.9 Å². The number of nitrogens with zero attached hydrogens (tertiary/aromatic N) is 2. The summed E-state index contributed by atoms with van der Waals surface area (Å²) in [7, 11) is 0. The van der Waals surface area contributed by atoms with Gasteiger partial charge in [-0.25, -0.2) is 22.4 Å². The fourth-order valence-corrected chi connectivity index (χ4v) is 3.22. The molecular weight excluding hydrogens is 372 g/mol. The van der Waals surface area contributed by atoms with E-state index in [1.807, 2.05) is 0 Å². The monoisotopic (exact) mass is 386 g/mol. The minimum atomic E-state index is -0.756. The lowest BCUT2D eigenvalue weighted by Crippen LogP contribution is -2.25. The van der Waals surface area contributed by atoms with Crippen LogP contribution in [-0.2, 0) is 13.1 Å². The van der Waals surface area contributed by atoms with Gasteiger partial charge in [0.05, 0.1) is 24.1 Å². The van der Waals surface area contributed by atoms with Crippen molar-refractivity contribution < 1.29 is 17.6 Å². The van der Waals surface area contributed by atoms with Crippen LogP contribution in [0.4, 0.5) is 17.6 Å².